The molecule has 2 aromatic carbocycles. The van der Waals surface area contributed by atoms with Crippen molar-refractivity contribution in [2.24, 2.45) is 5.92 Å². The van der Waals surface area contributed by atoms with E-state index in [1.54, 1.807) is 12.1 Å². The molecule has 0 bridgehead atoms. The van der Waals surface area contributed by atoms with Crippen molar-refractivity contribution < 1.29 is 13.9 Å². The minimum absolute atomic E-state index is 0.224. The molecule has 0 aliphatic carbocycles. The van der Waals surface area contributed by atoms with Crippen LogP contribution >= 0.6 is 0 Å². The molecule has 3 rings (SSSR count). The molecule has 1 fully saturated rings. The smallest absolute Gasteiger partial charge is 0.317 e. The van der Waals surface area contributed by atoms with E-state index in [0.29, 0.717) is 12.0 Å². The molecule has 120 valence electrons. The summed E-state index contributed by atoms with van der Waals surface area (Å²) in [6.45, 7) is 4.38. The number of esters is 1. The molecular weight excluding hydrogens is 291 g/mol. The Hall–Kier alpha value is -2.16. The lowest BCUT2D eigenvalue weighted by Crippen LogP contribution is -2.38. The first-order chi connectivity index (χ1) is 11.1. The summed E-state index contributed by atoms with van der Waals surface area (Å²) in [4.78, 5) is 12.8. The van der Waals surface area contributed by atoms with Crippen LogP contribution in [0.15, 0.2) is 54.6 Å². The van der Waals surface area contributed by atoms with Crippen LogP contribution in [0, 0.1) is 11.7 Å². The molecule has 0 N–H and O–H groups in total. The van der Waals surface area contributed by atoms with E-state index in [2.05, 4.69) is 13.8 Å². The van der Waals surface area contributed by atoms with Crippen molar-refractivity contribution in [3.63, 3.8) is 0 Å². The van der Waals surface area contributed by atoms with Crippen LogP contribution in [-0.2, 0) is 14.9 Å². The number of hydrogen-bond donors (Lipinski definition) is 0. The lowest BCUT2D eigenvalue weighted by atomic mass is 9.65. The van der Waals surface area contributed by atoms with Crippen LogP contribution in [0.3, 0.4) is 0 Å². The molecule has 23 heavy (non-hydrogen) atoms. The molecule has 0 radical (unpaired) electrons. The molecule has 1 aliphatic rings. The second-order valence-electron chi connectivity index (χ2n) is 6.61. The first-order valence-electron chi connectivity index (χ1n) is 8.03. The monoisotopic (exact) mass is 312 g/mol. The fraction of sp³-hybridized carbons (Fsp3) is 0.350. The predicted molar refractivity (Wildman–Crippen MR) is 87.7 cm³/mol. The maximum Gasteiger partial charge on any atom is 0.317 e. The van der Waals surface area contributed by atoms with Crippen molar-refractivity contribution in [1.29, 1.82) is 0 Å². The van der Waals surface area contributed by atoms with Gasteiger partial charge in [-0.15, -0.1) is 0 Å². The average molecular weight is 312 g/mol. The van der Waals surface area contributed by atoms with Gasteiger partial charge in [-0.1, -0.05) is 62.4 Å². The Labute approximate surface area is 136 Å². The van der Waals surface area contributed by atoms with Crippen LogP contribution in [0.25, 0.3) is 0 Å². The van der Waals surface area contributed by atoms with Crippen molar-refractivity contribution in [2.45, 2.75) is 31.6 Å². The Balaban J connectivity index is 2.18. The molecule has 1 heterocycles. The Kier molecular flexibility index (Phi) is 4.20. The lowest BCUT2D eigenvalue weighted by Gasteiger charge is -2.33. The SMILES string of the molecule is CC(C)C[C@@]1(c2ccccc2)C(=O)OC[C@H]1c1ccccc1F. The molecule has 2 aromatic rings. The summed E-state index contributed by atoms with van der Waals surface area (Å²) >= 11 is 0. The van der Waals surface area contributed by atoms with Crippen molar-refractivity contribution in [3.05, 3.63) is 71.5 Å². The van der Waals surface area contributed by atoms with Gasteiger partial charge in [-0.05, 0) is 29.5 Å². The van der Waals surface area contributed by atoms with Crippen LogP contribution in [0.1, 0.15) is 37.3 Å². The topological polar surface area (TPSA) is 26.3 Å². The van der Waals surface area contributed by atoms with Gasteiger partial charge in [0.05, 0.1) is 6.61 Å². The van der Waals surface area contributed by atoms with E-state index in [1.807, 2.05) is 36.4 Å². The van der Waals surface area contributed by atoms with Crippen LogP contribution in [0.4, 0.5) is 4.39 Å². The van der Waals surface area contributed by atoms with Crippen molar-refractivity contribution >= 4 is 5.97 Å². The van der Waals surface area contributed by atoms with Crippen molar-refractivity contribution in [2.75, 3.05) is 6.61 Å². The fourth-order valence-electron chi connectivity index (χ4n) is 3.73. The Morgan fingerprint density at radius 1 is 1.13 bits per heavy atom. The third-order valence-electron chi connectivity index (χ3n) is 4.64. The van der Waals surface area contributed by atoms with Crippen LogP contribution < -0.4 is 0 Å². The Bertz CT molecular complexity index is 696. The van der Waals surface area contributed by atoms with E-state index in [-0.39, 0.29) is 30.2 Å². The zero-order valence-corrected chi connectivity index (χ0v) is 13.5. The highest BCUT2D eigenvalue weighted by Gasteiger charge is 2.54. The van der Waals surface area contributed by atoms with Gasteiger partial charge in [0.15, 0.2) is 0 Å². The third kappa shape index (κ3) is 2.65. The second kappa shape index (κ2) is 6.15. The number of cyclic esters (lactones) is 1. The van der Waals surface area contributed by atoms with E-state index in [0.717, 1.165) is 5.56 Å². The summed E-state index contributed by atoms with van der Waals surface area (Å²) in [6.07, 6.45) is 0.634. The van der Waals surface area contributed by atoms with Gasteiger partial charge in [0.1, 0.15) is 11.2 Å². The molecule has 2 atom stereocenters. The predicted octanol–water partition coefficient (Wildman–Crippen LogP) is 4.45. The van der Waals surface area contributed by atoms with Gasteiger partial charge in [0.2, 0.25) is 0 Å². The molecule has 1 aliphatic heterocycles. The second-order valence-corrected chi connectivity index (χ2v) is 6.61. The van der Waals surface area contributed by atoms with Crippen LogP contribution in [-0.4, -0.2) is 12.6 Å². The van der Waals surface area contributed by atoms with Gasteiger partial charge in [0.25, 0.3) is 0 Å². The molecule has 0 saturated carbocycles. The van der Waals surface area contributed by atoms with Gasteiger partial charge < -0.3 is 4.74 Å². The number of rotatable bonds is 4. The van der Waals surface area contributed by atoms with Gasteiger partial charge in [-0.2, -0.15) is 0 Å². The van der Waals surface area contributed by atoms with Crippen molar-refractivity contribution in [1.82, 2.24) is 0 Å². The highest BCUT2D eigenvalue weighted by atomic mass is 19.1. The molecular formula is C20H21FO2. The van der Waals surface area contributed by atoms with Crippen LogP contribution in [0.5, 0.6) is 0 Å². The molecule has 0 spiro atoms. The summed E-state index contributed by atoms with van der Waals surface area (Å²) in [5, 5.41) is 0. The first kappa shape index (κ1) is 15.7. The fourth-order valence-corrected chi connectivity index (χ4v) is 3.73. The number of carbonyl (C=O) groups is 1. The number of hydrogen-bond acceptors (Lipinski definition) is 2. The van der Waals surface area contributed by atoms with Gasteiger partial charge in [0, 0.05) is 5.92 Å². The minimum Gasteiger partial charge on any atom is -0.464 e. The Morgan fingerprint density at radius 3 is 2.43 bits per heavy atom. The first-order valence-corrected chi connectivity index (χ1v) is 8.03. The van der Waals surface area contributed by atoms with E-state index in [4.69, 9.17) is 4.74 Å². The minimum atomic E-state index is -0.822. The normalized spacial score (nSPS) is 24.0. The lowest BCUT2D eigenvalue weighted by molar-refractivity contribution is -0.143. The highest BCUT2D eigenvalue weighted by molar-refractivity contribution is 5.87. The quantitative estimate of drug-likeness (QED) is 0.780. The zero-order valence-electron chi connectivity index (χ0n) is 13.5. The molecule has 0 unspecified atom stereocenters. The van der Waals surface area contributed by atoms with Gasteiger partial charge in [-0.3, -0.25) is 4.79 Å². The molecule has 0 amide bonds. The van der Waals surface area contributed by atoms with Gasteiger partial charge >= 0.3 is 5.97 Å². The molecule has 3 heteroatoms. The standard InChI is InChI=1S/C20H21FO2/c1-14(2)12-20(15-8-4-3-5-9-15)17(13-23-19(20)22)16-10-6-7-11-18(16)21/h3-11,14,17H,12-13H2,1-2H3/t17-,20-/m0/s1. The molecule has 2 nitrogen and oxygen atoms in total. The maximum absolute atomic E-state index is 14.4. The Morgan fingerprint density at radius 2 is 1.78 bits per heavy atom. The molecule has 0 aromatic heterocycles. The van der Waals surface area contributed by atoms with E-state index in [9.17, 15) is 9.18 Å². The van der Waals surface area contributed by atoms with E-state index >= 15 is 0 Å². The highest BCUT2D eigenvalue weighted by Crippen LogP contribution is 2.49. The van der Waals surface area contributed by atoms with E-state index in [1.165, 1.54) is 6.07 Å². The largest absolute Gasteiger partial charge is 0.464 e. The van der Waals surface area contributed by atoms with Crippen LogP contribution in [0.2, 0.25) is 0 Å². The zero-order chi connectivity index (χ0) is 16.4. The summed E-state index contributed by atoms with van der Waals surface area (Å²) in [5.41, 5.74) is 0.643. The average Bonchev–Trinajstić information content (AvgIpc) is 2.86. The number of ether oxygens (including phenoxy) is 1. The maximum atomic E-state index is 14.4. The number of carbonyl (C=O) groups excluding carboxylic acids is 1. The third-order valence-corrected chi connectivity index (χ3v) is 4.64. The van der Waals surface area contributed by atoms with E-state index < -0.39 is 5.41 Å². The van der Waals surface area contributed by atoms with Gasteiger partial charge in [-0.25, -0.2) is 4.39 Å². The molecule has 1 saturated heterocycles. The summed E-state index contributed by atoms with van der Waals surface area (Å²) < 4.78 is 19.8. The summed E-state index contributed by atoms with van der Waals surface area (Å²) in [5.74, 6) is -0.540. The number of benzene rings is 2. The summed E-state index contributed by atoms with van der Waals surface area (Å²) in [7, 11) is 0. The summed E-state index contributed by atoms with van der Waals surface area (Å²) in [6, 6.07) is 16.3. The van der Waals surface area contributed by atoms with Crippen molar-refractivity contribution in [3.8, 4) is 0 Å². The number of halogens is 1.